The van der Waals surface area contributed by atoms with Gasteiger partial charge in [-0.1, -0.05) is 24.3 Å². The maximum absolute atomic E-state index is 13.1. The summed E-state index contributed by atoms with van der Waals surface area (Å²) >= 11 is 0. The van der Waals surface area contributed by atoms with Gasteiger partial charge in [0.25, 0.3) is 5.91 Å². The van der Waals surface area contributed by atoms with E-state index < -0.39 is 5.91 Å². The monoisotopic (exact) mass is 435 g/mol. The van der Waals surface area contributed by atoms with Crippen LogP contribution in [0.1, 0.15) is 23.3 Å². The molecule has 166 valence electrons. The van der Waals surface area contributed by atoms with Gasteiger partial charge in [0, 0.05) is 25.5 Å². The topological polar surface area (TPSA) is 126 Å². The molecule has 32 heavy (non-hydrogen) atoms. The van der Waals surface area contributed by atoms with E-state index in [1.54, 1.807) is 41.3 Å². The lowest BCUT2D eigenvalue weighted by molar-refractivity contribution is -0.135. The van der Waals surface area contributed by atoms with Crippen molar-refractivity contribution in [1.29, 1.82) is 0 Å². The van der Waals surface area contributed by atoms with Crippen LogP contribution in [0.5, 0.6) is 0 Å². The fourth-order valence-electron chi connectivity index (χ4n) is 3.54. The molecule has 10 heteroatoms. The van der Waals surface area contributed by atoms with Gasteiger partial charge in [-0.15, -0.1) is 0 Å². The molecule has 0 spiro atoms. The SMILES string of the molecule is CN(C)c1cccc(NC(=O)CN(C(=O)Cn2nc(C(N)=O)c3ccccc32)C2CC2)n1. The van der Waals surface area contributed by atoms with Gasteiger partial charge in [0.05, 0.1) is 5.52 Å². The molecule has 4 rings (SSSR count). The van der Waals surface area contributed by atoms with Crippen molar-refractivity contribution >= 4 is 40.3 Å². The maximum Gasteiger partial charge on any atom is 0.269 e. The Morgan fingerprint density at radius 3 is 2.56 bits per heavy atom. The smallest absolute Gasteiger partial charge is 0.269 e. The highest BCUT2D eigenvalue weighted by atomic mass is 16.2. The highest BCUT2D eigenvalue weighted by Gasteiger charge is 2.34. The van der Waals surface area contributed by atoms with Gasteiger partial charge in [-0.3, -0.25) is 19.1 Å². The molecule has 2 heterocycles. The van der Waals surface area contributed by atoms with Crippen LogP contribution in [0.3, 0.4) is 0 Å². The first-order valence-electron chi connectivity index (χ1n) is 10.3. The number of para-hydroxylation sites is 1. The Balaban J connectivity index is 1.48. The zero-order chi connectivity index (χ0) is 22.8. The van der Waals surface area contributed by atoms with E-state index >= 15 is 0 Å². The molecule has 0 bridgehead atoms. The first-order valence-corrected chi connectivity index (χ1v) is 10.3. The summed E-state index contributed by atoms with van der Waals surface area (Å²) in [4.78, 5) is 45.3. The van der Waals surface area contributed by atoms with Gasteiger partial charge in [-0.05, 0) is 31.0 Å². The second-order valence-electron chi connectivity index (χ2n) is 7.96. The van der Waals surface area contributed by atoms with Crippen molar-refractivity contribution in [1.82, 2.24) is 19.7 Å². The van der Waals surface area contributed by atoms with Crippen LogP contribution >= 0.6 is 0 Å². The van der Waals surface area contributed by atoms with Crippen LogP contribution in [0, 0.1) is 0 Å². The molecule has 1 aromatic carbocycles. The number of amides is 3. The number of hydrogen-bond donors (Lipinski definition) is 2. The number of pyridine rings is 1. The van der Waals surface area contributed by atoms with Crippen molar-refractivity contribution in [2.75, 3.05) is 30.9 Å². The van der Waals surface area contributed by atoms with E-state index in [2.05, 4.69) is 15.4 Å². The van der Waals surface area contributed by atoms with Crippen molar-refractivity contribution in [3.05, 3.63) is 48.2 Å². The van der Waals surface area contributed by atoms with Gasteiger partial charge in [-0.2, -0.15) is 5.10 Å². The Bertz CT molecular complexity index is 1180. The quantitative estimate of drug-likeness (QED) is 0.548. The van der Waals surface area contributed by atoms with Crippen LogP contribution in [-0.4, -0.2) is 64.1 Å². The van der Waals surface area contributed by atoms with Crippen LogP contribution in [0.2, 0.25) is 0 Å². The Morgan fingerprint density at radius 1 is 1.12 bits per heavy atom. The first-order chi connectivity index (χ1) is 15.3. The van der Waals surface area contributed by atoms with Crippen molar-refractivity contribution in [3.63, 3.8) is 0 Å². The van der Waals surface area contributed by atoms with Crippen LogP contribution in [0.25, 0.3) is 10.9 Å². The molecule has 3 N–H and O–H groups in total. The average Bonchev–Trinajstić information content (AvgIpc) is 3.54. The molecular formula is C22H25N7O3. The minimum atomic E-state index is -0.654. The minimum absolute atomic E-state index is 0.0201. The number of anilines is 2. The lowest BCUT2D eigenvalue weighted by Gasteiger charge is -2.22. The lowest BCUT2D eigenvalue weighted by Crippen LogP contribution is -2.41. The molecule has 2 aromatic heterocycles. The molecule has 10 nitrogen and oxygen atoms in total. The molecule has 3 amide bonds. The summed E-state index contributed by atoms with van der Waals surface area (Å²) in [6.07, 6.45) is 1.69. The molecular weight excluding hydrogens is 410 g/mol. The Morgan fingerprint density at radius 2 is 1.88 bits per heavy atom. The summed E-state index contributed by atoms with van der Waals surface area (Å²) < 4.78 is 1.47. The second kappa shape index (κ2) is 8.66. The predicted molar refractivity (Wildman–Crippen MR) is 120 cm³/mol. The number of nitrogens with zero attached hydrogens (tertiary/aromatic N) is 5. The molecule has 0 aliphatic heterocycles. The summed E-state index contributed by atoms with van der Waals surface area (Å²) in [6, 6.07) is 12.5. The molecule has 1 fully saturated rings. The zero-order valence-corrected chi connectivity index (χ0v) is 18.0. The van der Waals surface area contributed by atoms with Gasteiger partial charge >= 0.3 is 0 Å². The van der Waals surface area contributed by atoms with E-state index in [1.165, 1.54) is 4.68 Å². The number of rotatable bonds is 8. The van der Waals surface area contributed by atoms with E-state index in [-0.39, 0.29) is 36.6 Å². The van der Waals surface area contributed by atoms with Gasteiger partial charge in [0.1, 0.15) is 24.7 Å². The van der Waals surface area contributed by atoms with Gasteiger partial charge in [0.15, 0.2) is 5.69 Å². The molecule has 0 atom stereocenters. The molecule has 1 aliphatic rings. The number of carbonyl (C=O) groups is 3. The number of fused-ring (bicyclic) bond motifs is 1. The summed E-state index contributed by atoms with van der Waals surface area (Å²) in [5.74, 6) is -0.0840. The minimum Gasteiger partial charge on any atom is -0.364 e. The predicted octanol–water partition coefficient (Wildman–Crippen LogP) is 1.23. The van der Waals surface area contributed by atoms with Crippen LogP contribution < -0.4 is 16.0 Å². The fraction of sp³-hybridized carbons (Fsp3) is 0.318. The zero-order valence-electron chi connectivity index (χ0n) is 18.0. The summed E-state index contributed by atoms with van der Waals surface area (Å²) in [6.45, 7) is -0.175. The van der Waals surface area contributed by atoms with E-state index in [0.29, 0.717) is 22.5 Å². The maximum atomic E-state index is 13.1. The van der Waals surface area contributed by atoms with Crippen molar-refractivity contribution in [2.24, 2.45) is 5.73 Å². The molecule has 3 aromatic rings. The number of hydrogen-bond acceptors (Lipinski definition) is 6. The standard InChI is InChI=1S/C22H25N7O3/c1-27(2)18-9-5-8-17(24-18)25-19(30)12-28(14-10-11-14)20(31)13-29-16-7-4-3-6-15(16)21(26-29)22(23)32/h3-9,14H,10-13H2,1-2H3,(H2,23,32)(H,24,25,30). The highest BCUT2D eigenvalue weighted by molar-refractivity contribution is 6.04. The van der Waals surface area contributed by atoms with Gasteiger partial charge in [-0.25, -0.2) is 4.98 Å². The van der Waals surface area contributed by atoms with E-state index in [9.17, 15) is 14.4 Å². The van der Waals surface area contributed by atoms with Crippen LogP contribution in [0.15, 0.2) is 42.5 Å². The number of carbonyl (C=O) groups excluding carboxylic acids is 3. The van der Waals surface area contributed by atoms with Gasteiger partial charge < -0.3 is 20.9 Å². The molecule has 1 saturated carbocycles. The molecule has 0 radical (unpaired) electrons. The van der Waals surface area contributed by atoms with E-state index in [0.717, 1.165) is 12.8 Å². The van der Waals surface area contributed by atoms with Crippen molar-refractivity contribution in [2.45, 2.75) is 25.4 Å². The third-order valence-electron chi connectivity index (χ3n) is 5.26. The van der Waals surface area contributed by atoms with Crippen LogP contribution in [0.4, 0.5) is 11.6 Å². The second-order valence-corrected chi connectivity index (χ2v) is 7.96. The number of nitrogens with two attached hydrogens (primary N) is 1. The summed E-state index contributed by atoms with van der Waals surface area (Å²) in [5, 5.41) is 7.60. The normalized spacial score (nSPS) is 13.1. The Kier molecular flexibility index (Phi) is 5.76. The summed E-state index contributed by atoms with van der Waals surface area (Å²) in [7, 11) is 3.73. The average molecular weight is 435 g/mol. The number of aromatic nitrogens is 3. The fourth-order valence-corrected chi connectivity index (χ4v) is 3.54. The van der Waals surface area contributed by atoms with Crippen molar-refractivity contribution < 1.29 is 14.4 Å². The third-order valence-corrected chi connectivity index (χ3v) is 5.26. The first kappa shape index (κ1) is 21.3. The number of nitrogens with one attached hydrogen (secondary N) is 1. The Labute approximate surface area is 185 Å². The summed E-state index contributed by atoms with van der Waals surface area (Å²) in [5.41, 5.74) is 6.20. The number of primary amides is 1. The van der Waals surface area contributed by atoms with Gasteiger partial charge in [0.2, 0.25) is 11.8 Å². The van der Waals surface area contributed by atoms with Crippen LogP contribution in [-0.2, 0) is 16.1 Å². The van der Waals surface area contributed by atoms with E-state index in [1.807, 2.05) is 25.1 Å². The molecule has 0 saturated heterocycles. The van der Waals surface area contributed by atoms with Crippen molar-refractivity contribution in [3.8, 4) is 0 Å². The number of benzene rings is 1. The Hall–Kier alpha value is -3.95. The van der Waals surface area contributed by atoms with E-state index in [4.69, 9.17) is 5.73 Å². The lowest BCUT2D eigenvalue weighted by atomic mass is 10.2. The highest BCUT2D eigenvalue weighted by Crippen LogP contribution is 2.27. The molecule has 0 unspecified atom stereocenters. The largest absolute Gasteiger partial charge is 0.364 e. The third kappa shape index (κ3) is 4.53. The molecule has 1 aliphatic carbocycles.